The van der Waals surface area contributed by atoms with E-state index < -0.39 is 12.1 Å². The number of aromatic nitrogens is 2. The largest absolute Gasteiger partial charge is 0.309 e. The van der Waals surface area contributed by atoms with E-state index in [-0.39, 0.29) is 57.6 Å². The average Bonchev–Trinajstić information content (AvgIpc) is 3.94. The summed E-state index contributed by atoms with van der Waals surface area (Å²) in [5.74, 6) is 0. The van der Waals surface area contributed by atoms with E-state index in [0.29, 0.717) is 11.3 Å². The summed E-state index contributed by atoms with van der Waals surface area (Å²) < 4.78 is 69.9. The van der Waals surface area contributed by atoms with Gasteiger partial charge in [-0.1, -0.05) is 182 Å². The Balaban J connectivity index is 1.14. The van der Waals surface area contributed by atoms with Crippen LogP contribution in [-0.2, 0) is 0 Å². The second kappa shape index (κ2) is 14.8. The molecule has 0 aliphatic carbocycles. The van der Waals surface area contributed by atoms with Gasteiger partial charge in [0.15, 0.2) is 0 Å². The molecular formula is C60H40N2. The first-order valence-electron chi connectivity index (χ1n) is 24.3. The van der Waals surface area contributed by atoms with Crippen LogP contribution in [0.2, 0.25) is 0 Å². The third-order valence-electron chi connectivity index (χ3n) is 12.0. The van der Waals surface area contributed by atoms with Crippen molar-refractivity contribution < 1.29 is 9.60 Å². The van der Waals surface area contributed by atoms with Gasteiger partial charge in [0, 0.05) is 32.8 Å². The summed E-state index contributed by atoms with van der Waals surface area (Å²) >= 11 is 0. The SMILES string of the molecule is [2H]c1c([2H])c([2H])c2c(c1[2H])c1c([2H])c(-c3ccc4c(c3)c3c(-c5cccc(-c6ccccc6)c5)cccc3n4-c3ccc(-c4ccccc4)cc3)c([2H])c([2H])c1n2-c1ccccc1-c1ccccc1. The fourth-order valence-electron chi connectivity index (χ4n) is 9.11. The van der Waals surface area contributed by atoms with Crippen molar-refractivity contribution in [1.82, 2.24) is 9.13 Å². The third-order valence-corrected chi connectivity index (χ3v) is 12.0. The summed E-state index contributed by atoms with van der Waals surface area (Å²) in [4.78, 5) is 0. The molecule has 0 unspecified atom stereocenters. The molecule has 0 bridgehead atoms. The molecule has 0 spiro atoms. The highest BCUT2D eigenvalue weighted by Crippen LogP contribution is 2.43. The van der Waals surface area contributed by atoms with Crippen molar-refractivity contribution in [3.05, 3.63) is 242 Å². The normalized spacial score (nSPS) is 13.1. The summed E-state index contributed by atoms with van der Waals surface area (Å²) in [5, 5.41) is 2.20. The molecule has 290 valence electrons. The number of para-hydroxylation sites is 2. The van der Waals surface area contributed by atoms with E-state index in [1.54, 1.807) is 4.57 Å². The lowest BCUT2D eigenvalue weighted by Crippen LogP contribution is -1.97. The van der Waals surface area contributed by atoms with Crippen LogP contribution in [0.3, 0.4) is 0 Å². The Kier molecular flexibility index (Phi) is 6.95. The molecule has 10 aromatic carbocycles. The molecule has 0 saturated heterocycles. The number of benzene rings is 10. The zero-order valence-corrected chi connectivity index (χ0v) is 33.4. The van der Waals surface area contributed by atoms with Crippen molar-refractivity contribution >= 4 is 43.6 Å². The van der Waals surface area contributed by atoms with Gasteiger partial charge in [-0.05, 0) is 111 Å². The molecule has 2 heterocycles. The van der Waals surface area contributed by atoms with E-state index in [1.807, 2.05) is 109 Å². The van der Waals surface area contributed by atoms with Gasteiger partial charge in [-0.3, -0.25) is 0 Å². The van der Waals surface area contributed by atoms with Crippen LogP contribution in [0.25, 0.3) is 111 Å². The van der Waals surface area contributed by atoms with Crippen LogP contribution in [-0.4, -0.2) is 9.13 Å². The van der Waals surface area contributed by atoms with Crippen molar-refractivity contribution in [3.8, 4) is 67.0 Å². The van der Waals surface area contributed by atoms with Crippen LogP contribution >= 0.6 is 0 Å². The Morgan fingerprint density at radius 3 is 1.68 bits per heavy atom. The lowest BCUT2D eigenvalue weighted by molar-refractivity contribution is 1.18. The lowest BCUT2D eigenvalue weighted by atomic mass is 9.95. The molecular weight excluding hydrogens is 749 g/mol. The molecule has 0 aliphatic rings. The van der Waals surface area contributed by atoms with Crippen LogP contribution in [0.5, 0.6) is 0 Å². The second-order valence-electron chi connectivity index (χ2n) is 15.5. The standard InChI is InChI=1S/C60H40N2/c1-4-16-41(17-5-1)43-30-34-49(35-31-43)61-58-37-33-47(40-54(58)60-51(26-15-29-59(60)61)48-23-14-22-45(38-48)42-18-6-2-7-19-42)46-32-36-57-53(39-46)52-25-11-13-28-56(52)62(57)55-27-12-10-24-50(55)44-20-8-3-9-21-44/h1-40H/i11D,13D,25D,28D,32D,36D,39D. The Bertz CT molecular complexity index is 4010. The highest BCUT2D eigenvalue weighted by molar-refractivity contribution is 6.17. The molecule has 0 aliphatic heterocycles. The van der Waals surface area contributed by atoms with Gasteiger partial charge in [-0.2, -0.15) is 0 Å². The Morgan fingerprint density at radius 2 is 0.887 bits per heavy atom. The lowest BCUT2D eigenvalue weighted by Gasteiger charge is -2.14. The summed E-state index contributed by atoms with van der Waals surface area (Å²) in [7, 11) is 0. The minimum Gasteiger partial charge on any atom is -0.309 e. The fraction of sp³-hybridized carbons (Fsp3) is 0. The van der Waals surface area contributed by atoms with Gasteiger partial charge in [-0.25, -0.2) is 0 Å². The zero-order chi connectivity index (χ0) is 47.1. The monoisotopic (exact) mass is 795 g/mol. The topological polar surface area (TPSA) is 9.86 Å². The average molecular weight is 796 g/mol. The van der Waals surface area contributed by atoms with Gasteiger partial charge in [-0.15, -0.1) is 0 Å². The first-order valence-corrected chi connectivity index (χ1v) is 20.8. The van der Waals surface area contributed by atoms with Crippen molar-refractivity contribution in [2.45, 2.75) is 0 Å². The van der Waals surface area contributed by atoms with E-state index in [1.165, 1.54) is 0 Å². The predicted molar refractivity (Wildman–Crippen MR) is 262 cm³/mol. The van der Waals surface area contributed by atoms with Crippen LogP contribution in [0.4, 0.5) is 0 Å². The predicted octanol–water partition coefficient (Wildman–Crippen LogP) is 16.2. The minimum absolute atomic E-state index is 0.0904. The van der Waals surface area contributed by atoms with Gasteiger partial charge in [0.2, 0.25) is 0 Å². The molecule has 0 fully saturated rings. The first-order chi connectivity index (χ1) is 33.7. The van der Waals surface area contributed by atoms with E-state index >= 15 is 0 Å². The Labute approximate surface area is 370 Å². The fourth-order valence-corrected chi connectivity index (χ4v) is 9.11. The number of nitrogens with zero attached hydrogens (tertiary/aromatic N) is 2. The van der Waals surface area contributed by atoms with Gasteiger partial charge < -0.3 is 9.13 Å². The molecule has 2 nitrogen and oxygen atoms in total. The van der Waals surface area contributed by atoms with E-state index in [9.17, 15) is 6.85 Å². The van der Waals surface area contributed by atoms with Crippen LogP contribution in [0.1, 0.15) is 9.60 Å². The van der Waals surface area contributed by atoms with Gasteiger partial charge >= 0.3 is 0 Å². The number of hydrogen-bond donors (Lipinski definition) is 0. The molecule has 2 heteroatoms. The summed E-state index contributed by atoms with van der Waals surface area (Å²) in [6.45, 7) is 0. The highest BCUT2D eigenvalue weighted by Gasteiger charge is 2.20. The quantitative estimate of drug-likeness (QED) is 0.152. The third kappa shape index (κ3) is 5.96. The second-order valence-corrected chi connectivity index (χ2v) is 15.5. The minimum atomic E-state index is -0.430. The van der Waals surface area contributed by atoms with Gasteiger partial charge in [0.1, 0.15) is 0 Å². The molecule has 0 radical (unpaired) electrons. The summed E-state index contributed by atoms with van der Waals surface area (Å²) in [6.07, 6.45) is 0. The van der Waals surface area contributed by atoms with Crippen molar-refractivity contribution in [3.63, 3.8) is 0 Å². The van der Waals surface area contributed by atoms with E-state index in [2.05, 4.69) is 95.6 Å². The van der Waals surface area contributed by atoms with Crippen molar-refractivity contribution in [1.29, 1.82) is 0 Å². The van der Waals surface area contributed by atoms with Gasteiger partial charge in [0.25, 0.3) is 0 Å². The number of rotatable bonds is 7. The molecule has 0 amide bonds. The molecule has 0 atom stereocenters. The maximum atomic E-state index is 10.1. The van der Waals surface area contributed by atoms with Crippen LogP contribution < -0.4 is 0 Å². The molecule has 12 aromatic rings. The number of fused-ring (bicyclic) bond motifs is 6. The molecule has 0 N–H and O–H groups in total. The maximum absolute atomic E-state index is 10.1. The Hall–Kier alpha value is -8.20. The van der Waals surface area contributed by atoms with Crippen LogP contribution in [0.15, 0.2) is 242 Å². The first kappa shape index (κ1) is 29.1. The smallest absolute Gasteiger partial charge is 0.0645 e. The highest BCUT2D eigenvalue weighted by atomic mass is 15.0. The summed E-state index contributed by atoms with van der Waals surface area (Å²) in [6, 6.07) is 65.3. The zero-order valence-electron chi connectivity index (χ0n) is 40.4. The molecule has 12 rings (SSSR count). The number of hydrogen-bond acceptors (Lipinski definition) is 0. The molecule has 2 aromatic heterocycles. The molecule has 62 heavy (non-hydrogen) atoms. The van der Waals surface area contributed by atoms with Crippen molar-refractivity contribution in [2.24, 2.45) is 0 Å². The molecule has 0 saturated carbocycles. The maximum Gasteiger partial charge on any atom is 0.0645 e. The van der Waals surface area contributed by atoms with Crippen LogP contribution in [0, 0.1) is 0 Å². The summed E-state index contributed by atoms with van der Waals surface area (Å²) in [5.41, 5.74) is 12.6. The van der Waals surface area contributed by atoms with E-state index in [0.717, 1.165) is 72.0 Å². The van der Waals surface area contributed by atoms with Gasteiger partial charge in [0.05, 0.1) is 37.3 Å². The Morgan fingerprint density at radius 1 is 0.306 bits per heavy atom. The van der Waals surface area contributed by atoms with E-state index in [4.69, 9.17) is 2.74 Å². The van der Waals surface area contributed by atoms with Crippen molar-refractivity contribution in [2.75, 3.05) is 0 Å².